The van der Waals surface area contributed by atoms with Crippen LogP contribution >= 0.6 is 11.6 Å². The molecule has 6 heteroatoms. The number of rotatable bonds is 5. The maximum atomic E-state index is 12.0. The molecule has 0 atom stereocenters. The van der Waals surface area contributed by atoms with Gasteiger partial charge in [0.2, 0.25) is 0 Å². The molecule has 1 N–H and O–H groups in total. The van der Waals surface area contributed by atoms with Crippen LogP contribution in [0.3, 0.4) is 0 Å². The molecule has 1 aromatic carbocycles. The number of nitrogens with zero attached hydrogens (tertiary/aromatic N) is 1. The van der Waals surface area contributed by atoms with E-state index in [9.17, 15) is 9.59 Å². The molecule has 0 radical (unpaired) electrons. The summed E-state index contributed by atoms with van der Waals surface area (Å²) in [6, 6.07) is 6.91. The molecular weight excluding hydrogens is 294 g/mol. The van der Waals surface area contributed by atoms with E-state index in [2.05, 4.69) is 0 Å². The van der Waals surface area contributed by atoms with E-state index >= 15 is 0 Å². The Morgan fingerprint density at radius 2 is 2.05 bits per heavy atom. The molecule has 1 amide bonds. The fourth-order valence-electron chi connectivity index (χ4n) is 2.43. The normalized spacial score (nSPS) is 15.8. The Hall–Kier alpha value is -1.75. The van der Waals surface area contributed by atoms with Crippen LogP contribution in [0.25, 0.3) is 0 Å². The van der Waals surface area contributed by atoms with Crippen LogP contribution in [-0.4, -0.2) is 41.6 Å². The smallest absolute Gasteiger partial charge is 0.303 e. The van der Waals surface area contributed by atoms with E-state index in [-0.39, 0.29) is 24.9 Å². The summed E-state index contributed by atoms with van der Waals surface area (Å²) in [6.07, 6.45) is 1.64. The van der Waals surface area contributed by atoms with Crippen LogP contribution in [0.5, 0.6) is 5.75 Å². The lowest BCUT2D eigenvalue weighted by Crippen LogP contribution is -2.41. The zero-order chi connectivity index (χ0) is 15.2. The van der Waals surface area contributed by atoms with E-state index in [1.807, 2.05) is 0 Å². The van der Waals surface area contributed by atoms with Crippen LogP contribution in [0.1, 0.15) is 19.3 Å². The molecule has 0 aromatic heterocycles. The van der Waals surface area contributed by atoms with Gasteiger partial charge >= 0.3 is 5.97 Å². The molecule has 1 aromatic rings. The van der Waals surface area contributed by atoms with Crippen molar-refractivity contribution >= 4 is 23.5 Å². The molecule has 0 aliphatic carbocycles. The van der Waals surface area contributed by atoms with Crippen molar-refractivity contribution in [3.63, 3.8) is 0 Å². The van der Waals surface area contributed by atoms with Gasteiger partial charge in [0.25, 0.3) is 5.91 Å². The fourth-order valence-corrected chi connectivity index (χ4v) is 2.61. The SMILES string of the molecule is O=C(O)CC1CCN(C(=O)COc2cccc(Cl)c2)CC1. The minimum absolute atomic E-state index is 0.0239. The first-order valence-electron chi connectivity index (χ1n) is 6.92. The highest BCUT2D eigenvalue weighted by Gasteiger charge is 2.24. The van der Waals surface area contributed by atoms with Crippen LogP contribution in [0.4, 0.5) is 0 Å². The Morgan fingerprint density at radius 3 is 2.67 bits per heavy atom. The summed E-state index contributed by atoms with van der Waals surface area (Å²) in [5.41, 5.74) is 0. The van der Waals surface area contributed by atoms with Crippen molar-refractivity contribution in [1.82, 2.24) is 4.90 Å². The molecule has 1 saturated heterocycles. The molecule has 1 aliphatic heterocycles. The number of carbonyl (C=O) groups excluding carboxylic acids is 1. The molecule has 114 valence electrons. The topological polar surface area (TPSA) is 66.8 Å². The van der Waals surface area contributed by atoms with Gasteiger partial charge in [-0.1, -0.05) is 17.7 Å². The summed E-state index contributed by atoms with van der Waals surface area (Å²) in [5, 5.41) is 9.33. The van der Waals surface area contributed by atoms with Crippen LogP contribution in [-0.2, 0) is 9.59 Å². The van der Waals surface area contributed by atoms with E-state index in [1.54, 1.807) is 29.2 Å². The minimum Gasteiger partial charge on any atom is -0.484 e. The number of piperidine rings is 1. The molecular formula is C15H18ClNO4. The Balaban J connectivity index is 1.76. The zero-order valence-electron chi connectivity index (χ0n) is 11.6. The Morgan fingerprint density at radius 1 is 1.33 bits per heavy atom. The van der Waals surface area contributed by atoms with Gasteiger partial charge in [0, 0.05) is 24.5 Å². The Labute approximate surface area is 128 Å². The zero-order valence-corrected chi connectivity index (χ0v) is 12.4. The van der Waals surface area contributed by atoms with Crippen molar-refractivity contribution in [2.75, 3.05) is 19.7 Å². The van der Waals surface area contributed by atoms with Gasteiger partial charge in [-0.2, -0.15) is 0 Å². The maximum absolute atomic E-state index is 12.0. The van der Waals surface area contributed by atoms with Crippen LogP contribution in [0.15, 0.2) is 24.3 Å². The lowest BCUT2D eigenvalue weighted by Gasteiger charge is -2.31. The number of ether oxygens (including phenoxy) is 1. The fraction of sp³-hybridized carbons (Fsp3) is 0.467. The molecule has 0 unspecified atom stereocenters. The highest BCUT2D eigenvalue weighted by atomic mass is 35.5. The van der Waals surface area contributed by atoms with Crippen molar-refractivity contribution in [1.29, 1.82) is 0 Å². The van der Waals surface area contributed by atoms with Crippen molar-refractivity contribution in [2.24, 2.45) is 5.92 Å². The molecule has 1 fully saturated rings. The number of hydrogen-bond donors (Lipinski definition) is 1. The van der Waals surface area contributed by atoms with E-state index in [4.69, 9.17) is 21.4 Å². The summed E-state index contributed by atoms with van der Waals surface area (Å²) in [4.78, 5) is 24.4. The Bertz CT molecular complexity index is 512. The Kier molecular flexibility index (Phi) is 5.44. The summed E-state index contributed by atoms with van der Waals surface area (Å²) in [6.45, 7) is 1.16. The van der Waals surface area contributed by atoms with Crippen LogP contribution in [0, 0.1) is 5.92 Å². The number of aliphatic carboxylic acids is 1. The van der Waals surface area contributed by atoms with Gasteiger partial charge in [-0.25, -0.2) is 0 Å². The highest BCUT2D eigenvalue weighted by molar-refractivity contribution is 6.30. The van der Waals surface area contributed by atoms with Gasteiger partial charge in [-0.3, -0.25) is 9.59 Å². The van der Waals surface area contributed by atoms with Gasteiger partial charge < -0.3 is 14.7 Å². The van der Waals surface area contributed by atoms with E-state index in [0.717, 1.165) is 12.8 Å². The summed E-state index contributed by atoms with van der Waals surface area (Å²) in [5.74, 6) is -0.121. The van der Waals surface area contributed by atoms with Crippen LogP contribution in [0.2, 0.25) is 5.02 Å². The van der Waals surface area contributed by atoms with E-state index < -0.39 is 5.97 Å². The molecule has 0 bridgehead atoms. The second-order valence-corrected chi connectivity index (χ2v) is 5.60. The second kappa shape index (κ2) is 7.31. The predicted octanol–water partition coefficient (Wildman–Crippen LogP) is 2.43. The lowest BCUT2D eigenvalue weighted by molar-refractivity contribution is -0.139. The molecule has 0 spiro atoms. The molecule has 0 saturated carbocycles. The third kappa shape index (κ3) is 4.93. The number of hydrogen-bond acceptors (Lipinski definition) is 3. The molecule has 1 aliphatic rings. The first-order valence-corrected chi connectivity index (χ1v) is 7.30. The number of likely N-dealkylation sites (tertiary alicyclic amines) is 1. The van der Waals surface area contributed by atoms with Crippen LogP contribution < -0.4 is 4.74 Å². The lowest BCUT2D eigenvalue weighted by atomic mass is 9.94. The molecule has 1 heterocycles. The standard InChI is InChI=1S/C15H18ClNO4/c16-12-2-1-3-13(9-12)21-10-14(18)17-6-4-11(5-7-17)8-15(19)20/h1-3,9,11H,4-8,10H2,(H,19,20). The first kappa shape index (κ1) is 15.6. The monoisotopic (exact) mass is 311 g/mol. The largest absolute Gasteiger partial charge is 0.484 e. The van der Waals surface area contributed by atoms with Gasteiger partial charge in [-0.15, -0.1) is 0 Å². The number of carbonyl (C=O) groups is 2. The van der Waals surface area contributed by atoms with Crippen molar-refractivity contribution in [2.45, 2.75) is 19.3 Å². The first-order chi connectivity index (χ1) is 10.0. The number of carboxylic acid groups (broad SMARTS) is 1. The summed E-state index contributed by atoms with van der Waals surface area (Å²) in [7, 11) is 0. The molecule has 2 rings (SSSR count). The predicted molar refractivity (Wildman–Crippen MR) is 78.5 cm³/mol. The number of halogens is 1. The van der Waals surface area contributed by atoms with Crippen molar-refractivity contribution in [3.8, 4) is 5.75 Å². The van der Waals surface area contributed by atoms with Crippen molar-refractivity contribution in [3.05, 3.63) is 29.3 Å². The average Bonchev–Trinajstić information content (AvgIpc) is 2.45. The number of carboxylic acids is 1. The minimum atomic E-state index is -0.774. The van der Waals surface area contributed by atoms with E-state index in [1.165, 1.54) is 0 Å². The summed E-state index contributed by atoms with van der Waals surface area (Å²) >= 11 is 5.84. The average molecular weight is 312 g/mol. The van der Waals surface area contributed by atoms with Gasteiger partial charge in [0.05, 0.1) is 0 Å². The number of amides is 1. The van der Waals surface area contributed by atoms with Gasteiger partial charge in [-0.05, 0) is 37.0 Å². The second-order valence-electron chi connectivity index (χ2n) is 5.17. The quantitative estimate of drug-likeness (QED) is 0.907. The van der Waals surface area contributed by atoms with Crippen molar-refractivity contribution < 1.29 is 19.4 Å². The summed E-state index contributed by atoms with van der Waals surface area (Å²) < 4.78 is 5.42. The van der Waals surface area contributed by atoms with Gasteiger partial charge in [0.1, 0.15) is 5.75 Å². The van der Waals surface area contributed by atoms with E-state index in [0.29, 0.717) is 23.9 Å². The third-order valence-electron chi connectivity index (χ3n) is 3.59. The molecule has 5 nitrogen and oxygen atoms in total. The molecule has 21 heavy (non-hydrogen) atoms. The maximum Gasteiger partial charge on any atom is 0.303 e. The highest BCUT2D eigenvalue weighted by Crippen LogP contribution is 2.21. The number of benzene rings is 1. The third-order valence-corrected chi connectivity index (χ3v) is 3.82. The van der Waals surface area contributed by atoms with Gasteiger partial charge in [0.15, 0.2) is 6.61 Å².